The van der Waals surface area contributed by atoms with E-state index in [0.29, 0.717) is 18.8 Å². The molecular weight excluding hydrogens is 384 g/mol. The van der Waals surface area contributed by atoms with E-state index in [-0.39, 0.29) is 11.8 Å². The van der Waals surface area contributed by atoms with Gasteiger partial charge in [0.2, 0.25) is 11.8 Å². The van der Waals surface area contributed by atoms with Crippen LogP contribution in [-0.2, 0) is 21.9 Å². The van der Waals surface area contributed by atoms with E-state index in [1.807, 2.05) is 37.3 Å². The van der Waals surface area contributed by atoms with Gasteiger partial charge in [-0.2, -0.15) is 0 Å². The first-order chi connectivity index (χ1) is 13.9. The summed E-state index contributed by atoms with van der Waals surface area (Å²) >= 11 is 1.56. The Bertz CT molecular complexity index is 825. The molecule has 0 fully saturated rings. The number of hydrogen-bond donors (Lipinski definition) is 1. The first-order valence-electron chi connectivity index (χ1n) is 9.78. The largest absolute Gasteiger partial charge is 0.497 e. The van der Waals surface area contributed by atoms with Crippen molar-refractivity contribution < 1.29 is 14.3 Å². The van der Waals surface area contributed by atoms with Gasteiger partial charge in [0.25, 0.3) is 0 Å². The number of methoxy groups -OCH3 is 1. The quantitative estimate of drug-likeness (QED) is 0.643. The number of hydrogen-bond acceptors (Lipinski definition) is 4. The molecule has 0 saturated heterocycles. The Morgan fingerprint density at radius 3 is 2.55 bits per heavy atom. The van der Waals surface area contributed by atoms with Gasteiger partial charge in [0.15, 0.2) is 0 Å². The molecule has 0 radical (unpaired) electrons. The van der Waals surface area contributed by atoms with E-state index in [0.717, 1.165) is 17.1 Å². The molecule has 0 spiro atoms. The van der Waals surface area contributed by atoms with Gasteiger partial charge in [0.1, 0.15) is 11.8 Å². The van der Waals surface area contributed by atoms with Crippen LogP contribution in [-0.4, -0.2) is 42.2 Å². The predicted octanol–water partition coefficient (Wildman–Crippen LogP) is 3.79. The number of benzene rings is 2. The minimum atomic E-state index is -0.548. The standard InChI is InChI=1S/C23H30N2O3S/c1-5-24-23(27)18(3)25(14-19-9-7-11-21(13-19)28-4)22(26)16-29-15-20-10-6-8-17(2)12-20/h6-13,18H,5,14-16H2,1-4H3,(H,24,27). The number of nitrogens with zero attached hydrogens (tertiary/aromatic N) is 1. The molecule has 0 heterocycles. The van der Waals surface area contributed by atoms with Crippen molar-refractivity contribution in [2.45, 2.75) is 39.1 Å². The molecule has 0 bridgehead atoms. The van der Waals surface area contributed by atoms with Crippen LogP contribution in [0.15, 0.2) is 48.5 Å². The highest BCUT2D eigenvalue weighted by molar-refractivity contribution is 7.99. The lowest BCUT2D eigenvalue weighted by Crippen LogP contribution is -2.48. The van der Waals surface area contributed by atoms with Gasteiger partial charge in [-0.1, -0.05) is 42.0 Å². The lowest BCUT2D eigenvalue weighted by atomic mass is 10.1. The van der Waals surface area contributed by atoms with E-state index in [2.05, 4.69) is 30.4 Å². The number of ether oxygens (including phenoxy) is 1. The minimum absolute atomic E-state index is 0.0516. The van der Waals surface area contributed by atoms with Gasteiger partial charge in [-0.3, -0.25) is 9.59 Å². The Kier molecular flexibility index (Phi) is 9.06. The van der Waals surface area contributed by atoms with Crippen molar-refractivity contribution in [1.29, 1.82) is 0 Å². The fourth-order valence-electron chi connectivity index (χ4n) is 3.01. The summed E-state index contributed by atoms with van der Waals surface area (Å²) in [4.78, 5) is 27.0. The second-order valence-corrected chi connectivity index (χ2v) is 7.91. The first-order valence-corrected chi connectivity index (χ1v) is 10.9. The summed E-state index contributed by atoms with van der Waals surface area (Å²) in [7, 11) is 1.61. The maximum Gasteiger partial charge on any atom is 0.242 e. The van der Waals surface area contributed by atoms with E-state index in [1.165, 1.54) is 11.1 Å². The van der Waals surface area contributed by atoms with Gasteiger partial charge in [-0.25, -0.2) is 0 Å². The summed E-state index contributed by atoms with van der Waals surface area (Å²) < 4.78 is 5.28. The minimum Gasteiger partial charge on any atom is -0.497 e. The second-order valence-electron chi connectivity index (χ2n) is 6.93. The summed E-state index contributed by atoms with van der Waals surface area (Å²) in [5, 5.41) is 2.81. The fourth-order valence-corrected chi connectivity index (χ4v) is 3.87. The van der Waals surface area contributed by atoms with Gasteiger partial charge in [-0.05, 0) is 44.0 Å². The van der Waals surface area contributed by atoms with Crippen LogP contribution in [0.1, 0.15) is 30.5 Å². The molecule has 0 aliphatic rings. The van der Waals surface area contributed by atoms with Crippen molar-refractivity contribution in [1.82, 2.24) is 10.2 Å². The molecule has 156 valence electrons. The topological polar surface area (TPSA) is 58.6 Å². The lowest BCUT2D eigenvalue weighted by molar-refractivity contribution is -0.138. The summed E-state index contributed by atoms with van der Waals surface area (Å²) in [5.41, 5.74) is 3.33. The average molecular weight is 415 g/mol. The molecule has 1 N–H and O–H groups in total. The summed E-state index contributed by atoms with van der Waals surface area (Å²) in [6.07, 6.45) is 0. The smallest absolute Gasteiger partial charge is 0.242 e. The predicted molar refractivity (Wildman–Crippen MR) is 119 cm³/mol. The van der Waals surface area contributed by atoms with Crippen LogP contribution >= 0.6 is 11.8 Å². The van der Waals surface area contributed by atoms with Crippen LogP contribution in [0.3, 0.4) is 0 Å². The molecule has 2 aromatic carbocycles. The zero-order chi connectivity index (χ0) is 21.2. The highest BCUT2D eigenvalue weighted by Crippen LogP contribution is 2.19. The number of amides is 2. The van der Waals surface area contributed by atoms with Gasteiger partial charge in [0, 0.05) is 18.8 Å². The summed E-state index contributed by atoms with van der Waals surface area (Å²) in [6, 6.07) is 15.3. The summed E-state index contributed by atoms with van der Waals surface area (Å²) in [5.74, 6) is 1.61. The van der Waals surface area contributed by atoms with Crippen molar-refractivity contribution in [3.8, 4) is 5.75 Å². The number of likely N-dealkylation sites (N-methyl/N-ethyl adjacent to an activating group) is 1. The van der Waals surface area contributed by atoms with E-state index in [1.54, 1.807) is 30.7 Å². The Labute approximate surface area is 177 Å². The molecule has 2 amide bonds. The molecule has 2 rings (SSSR count). The molecule has 1 atom stereocenters. The lowest BCUT2D eigenvalue weighted by Gasteiger charge is -2.28. The van der Waals surface area contributed by atoms with Crippen LogP contribution in [0.2, 0.25) is 0 Å². The highest BCUT2D eigenvalue weighted by atomic mass is 32.2. The normalized spacial score (nSPS) is 11.6. The van der Waals surface area contributed by atoms with Gasteiger partial charge < -0.3 is 15.0 Å². The Morgan fingerprint density at radius 1 is 1.14 bits per heavy atom. The van der Waals surface area contributed by atoms with E-state index in [9.17, 15) is 9.59 Å². The van der Waals surface area contributed by atoms with Crippen LogP contribution < -0.4 is 10.1 Å². The molecular formula is C23H30N2O3S. The SMILES string of the molecule is CCNC(=O)C(C)N(Cc1cccc(OC)c1)C(=O)CSCc1cccc(C)c1. The molecule has 5 nitrogen and oxygen atoms in total. The molecule has 0 saturated carbocycles. The zero-order valence-electron chi connectivity index (χ0n) is 17.6. The van der Waals surface area contributed by atoms with E-state index in [4.69, 9.17) is 4.74 Å². The molecule has 1 unspecified atom stereocenters. The fraction of sp³-hybridized carbons (Fsp3) is 0.391. The molecule has 0 aromatic heterocycles. The summed E-state index contributed by atoms with van der Waals surface area (Å²) in [6.45, 7) is 6.60. The van der Waals surface area contributed by atoms with Crippen molar-refractivity contribution in [3.05, 3.63) is 65.2 Å². The van der Waals surface area contributed by atoms with Crippen molar-refractivity contribution in [2.75, 3.05) is 19.4 Å². The van der Waals surface area contributed by atoms with Crippen molar-refractivity contribution in [3.63, 3.8) is 0 Å². The molecule has 2 aromatic rings. The van der Waals surface area contributed by atoms with E-state index >= 15 is 0 Å². The number of thioether (sulfide) groups is 1. The number of carbonyl (C=O) groups is 2. The van der Waals surface area contributed by atoms with Crippen molar-refractivity contribution in [2.24, 2.45) is 0 Å². The molecule has 29 heavy (non-hydrogen) atoms. The monoisotopic (exact) mass is 414 g/mol. The third kappa shape index (κ3) is 7.13. The van der Waals surface area contributed by atoms with Gasteiger partial charge >= 0.3 is 0 Å². The van der Waals surface area contributed by atoms with Crippen LogP contribution in [0, 0.1) is 6.92 Å². The zero-order valence-corrected chi connectivity index (χ0v) is 18.4. The average Bonchev–Trinajstić information content (AvgIpc) is 2.71. The molecule has 6 heteroatoms. The molecule has 0 aliphatic heterocycles. The third-order valence-electron chi connectivity index (χ3n) is 4.58. The number of aryl methyl sites for hydroxylation is 1. The third-order valence-corrected chi connectivity index (χ3v) is 5.57. The second kappa shape index (κ2) is 11.5. The maximum atomic E-state index is 13.0. The molecule has 0 aliphatic carbocycles. The van der Waals surface area contributed by atoms with Gasteiger partial charge in [-0.15, -0.1) is 11.8 Å². The van der Waals surface area contributed by atoms with Crippen molar-refractivity contribution >= 4 is 23.6 Å². The van der Waals surface area contributed by atoms with Crippen LogP contribution in [0.25, 0.3) is 0 Å². The van der Waals surface area contributed by atoms with E-state index < -0.39 is 6.04 Å². The maximum absolute atomic E-state index is 13.0. The van der Waals surface area contributed by atoms with Crippen LogP contribution in [0.5, 0.6) is 5.75 Å². The first kappa shape index (κ1) is 22.8. The van der Waals surface area contributed by atoms with Gasteiger partial charge in [0.05, 0.1) is 12.9 Å². The number of carbonyl (C=O) groups excluding carboxylic acids is 2. The number of nitrogens with one attached hydrogen (secondary N) is 1. The Hall–Kier alpha value is -2.47. The number of rotatable bonds is 10. The Morgan fingerprint density at radius 2 is 1.86 bits per heavy atom. The Balaban J connectivity index is 2.08. The van der Waals surface area contributed by atoms with Crippen LogP contribution in [0.4, 0.5) is 0 Å². The highest BCUT2D eigenvalue weighted by Gasteiger charge is 2.25.